The third-order valence-electron chi connectivity index (χ3n) is 5.62. The molecule has 3 amide bonds. The van der Waals surface area contributed by atoms with Gasteiger partial charge in [-0.1, -0.05) is 12.1 Å². The Kier molecular flexibility index (Phi) is 5.79. The molecular formula is C23H27N3O4. The van der Waals surface area contributed by atoms with Crippen LogP contribution in [0.4, 0.5) is 10.5 Å². The van der Waals surface area contributed by atoms with Crippen molar-refractivity contribution in [2.45, 2.75) is 32.4 Å². The first kappa shape index (κ1) is 20.1. The number of benzene rings is 2. The van der Waals surface area contributed by atoms with Gasteiger partial charge in [0.15, 0.2) is 11.5 Å². The number of urea groups is 1. The number of nitrogens with zero attached hydrogens (tertiary/aromatic N) is 1. The topological polar surface area (TPSA) is 79.9 Å². The van der Waals surface area contributed by atoms with Gasteiger partial charge in [-0.2, -0.15) is 0 Å². The highest BCUT2D eigenvalue weighted by atomic mass is 16.5. The summed E-state index contributed by atoms with van der Waals surface area (Å²) in [5, 5.41) is 5.74. The van der Waals surface area contributed by atoms with Crippen molar-refractivity contribution in [1.82, 2.24) is 10.2 Å². The molecule has 0 atom stereocenters. The fraction of sp³-hybridized carbons (Fsp3) is 0.391. The Bertz CT molecular complexity index is 955. The van der Waals surface area contributed by atoms with Gasteiger partial charge in [0, 0.05) is 31.2 Å². The number of carbonyl (C=O) groups is 2. The second kappa shape index (κ2) is 8.65. The smallest absolute Gasteiger partial charge is 0.319 e. The highest BCUT2D eigenvalue weighted by molar-refractivity contribution is 5.89. The maximum Gasteiger partial charge on any atom is 0.319 e. The van der Waals surface area contributed by atoms with Crippen LogP contribution in [0, 0.1) is 5.92 Å². The van der Waals surface area contributed by atoms with Crippen molar-refractivity contribution in [1.29, 1.82) is 0 Å². The summed E-state index contributed by atoms with van der Waals surface area (Å²) >= 11 is 0. The van der Waals surface area contributed by atoms with Crippen molar-refractivity contribution in [2.75, 3.05) is 26.1 Å². The van der Waals surface area contributed by atoms with Crippen molar-refractivity contribution in [3.8, 4) is 11.5 Å². The highest BCUT2D eigenvalue weighted by Gasteiger charge is 2.34. The third kappa shape index (κ3) is 4.50. The van der Waals surface area contributed by atoms with Crippen LogP contribution < -0.4 is 20.1 Å². The van der Waals surface area contributed by atoms with Gasteiger partial charge in [0.1, 0.15) is 0 Å². The second-order valence-corrected chi connectivity index (χ2v) is 7.76. The Balaban J connectivity index is 1.35. The zero-order chi connectivity index (χ0) is 21.1. The molecule has 2 N–H and O–H groups in total. The number of amides is 3. The number of rotatable bonds is 6. The van der Waals surface area contributed by atoms with Gasteiger partial charge in [0.05, 0.1) is 14.2 Å². The van der Waals surface area contributed by atoms with Crippen molar-refractivity contribution in [2.24, 2.45) is 5.92 Å². The molecule has 1 fully saturated rings. The lowest BCUT2D eigenvalue weighted by atomic mass is 9.98. The van der Waals surface area contributed by atoms with Crippen LogP contribution in [0.15, 0.2) is 36.4 Å². The molecule has 0 saturated heterocycles. The summed E-state index contributed by atoms with van der Waals surface area (Å²) in [5.74, 6) is 1.77. The maximum atomic E-state index is 12.4. The predicted octanol–water partition coefficient (Wildman–Crippen LogP) is 3.32. The fourth-order valence-electron chi connectivity index (χ4n) is 3.76. The Morgan fingerprint density at radius 2 is 1.83 bits per heavy atom. The normalized spacial score (nSPS) is 15.2. The van der Waals surface area contributed by atoms with Gasteiger partial charge in [-0.05, 0) is 60.2 Å². The molecule has 2 aliphatic rings. The van der Waals surface area contributed by atoms with E-state index in [0.717, 1.165) is 42.6 Å². The molecule has 1 heterocycles. The molecule has 30 heavy (non-hydrogen) atoms. The lowest BCUT2D eigenvalue weighted by Crippen LogP contribution is -2.37. The standard InChI is InChI=1S/C23H27N3O4/c1-29-20-8-3-15(11-21(20)30-2)13-24-23(28)25-19-7-6-16-9-10-26(14-18(16)12-19)22(27)17-4-5-17/h3,6-8,11-12,17H,4-5,9-10,13-14H2,1-2H3,(H2,24,25,28). The molecule has 1 aliphatic carbocycles. The number of fused-ring (bicyclic) bond motifs is 1. The minimum absolute atomic E-state index is 0.232. The maximum absolute atomic E-state index is 12.4. The summed E-state index contributed by atoms with van der Waals surface area (Å²) in [4.78, 5) is 26.7. The first-order chi connectivity index (χ1) is 14.6. The van der Waals surface area contributed by atoms with E-state index in [1.807, 2.05) is 41.3 Å². The predicted molar refractivity (Wildman–Crippen MR) is 114 cm³/mol. The number of nitrogens with one attached hydrogen (secondary N) is 2. The van der Waals surface area contributed by atoms with E-state index in [2.05, 4.69) is 10.6 Å². The zero-order valence-electron chi connectivity index (χ0n) is 17.4. The molecule has 7 nitrogen and oxygen atoms in total. The minimum atomic E-state index is -0.286. The van der Waals surface area contributed by atoms with Crippen LogP contribution in [0.1, 0.15) is 29.5 Å². The number of hydrogen-bond acceptors (Lipinski definition) is 4. The van der Waals surface area contributed by atoms with Crippen molar-refractivity contribution < 1.29 is 19.1 Å². The van der Waals surface area contributed by atoms with Crippen molar-refractivity contribution >= 4 is 17.6 Å². The summed E-state index contributed by atoms with van der Waals surface area (Å²) in [5.41, 5.74) is 3.97. The van der Waals surface area contributed by atoms with Gasteiger partial charge in [0.2, 0.25) is 5.91 Å². The van der Waals surface area contributed by atoms with Crippen molar-refractivity contribution in [3.05, 3.63) is 53.1 Å². The number of hydrogen-bond donors (Lipinski definition) is 2. The van der Waals surface area contributed by atoms with E-state index >= 15 is 0 Å². The van der Waals surface area contributed by atoms with Gasteiger partial charge in [0.25, 0.3) is 0 Å². The molecule has 0 unspecified atom stereocenters. The first-order valence-electron chi connectivity index (χ1n) is 10.2. The monoisotopic (exact) mass is 409 g/mol. The van der Waals surface area contributed by atoms with Crippen molar-refractivity contribution in [3.63, 3.8) is 0 Å². The fourth-order valence-corrected chi connectivity index (χ4v) is 3.76. The quantitative estimate of drug-likeness (QED) is 0.767. The minimum Gasteiger partial charge on any atom is -0.493 e. The van der Waals surface area contributed by atoms with Crippen LogP contribution in [0.25, 0.3) is 0 Å². The van der Waals surface area contributed by atoms with Crippen LogP contribution in [0.3, 0.4) is 0 Å². The molecule has 158 valence electrons. The van der Waals surface area contributed by atoms with Crippen LogP contribution in [0.2, 0.25) is 0 Å². The Labute approximate surface area is 176 Å². The molecule has 0 aromatic heterocycles. The summed E-state index contributed by atoms with van der Waals surface area (Å²) in [7, 11) is 3.17. The Morgan fingerprint density at radius 1 is 1.03 bits per heavy atom. The van der Waals surface area contributed by atoms with Gasteiger partial charge in [-0.25, -0.2) is 4.79 Å². The van der Waals surface area contributed by atoms with Crippen LogP contribution >= 0.6 is 0 Å². The SMILES string of the molecule is COc1ccc(CNC(=O)Nc2ccc3c(c2)CN(C(=O)C2CC2)CC3)cc1OC. The number of ether oxygens (including phenoxy) is 2. The molecule has 0 radical (unpaired) electrons. The van der Waals surface area contributed by atoms with Crippen LogP contribution in [-0.4, -0.2) is 37.6 Å². The Morgan fingerprint density at radius 3 is 2.57 bits per heavy atom. The molecule has 1 aliphatic heterocycles. The summed E-state index contributed by atoms with van der Waals surface area (Å²) in [6.45, 7) is 1.76. The summed E-state index contributed by atoms with van der Waals surface area (Å²) < 4.78 is 10.5. The molecule has 0 bridgehead atoms. The largest absolute Gasteiger partial charge is 0.493 e. The molecule has 2 aromatic carbocycles. The van der Waals surface area contributed by atoms with Gasteiger partial charge < -0.3 is 25.0 Å². The van der Waals surface area contributed by atoms with E-state index in [9.17, 15) is 9.59 Å². The Hall–Kier alpha value is -3.22. The van der Waals surface area contributed by atoms with E-state index in [-0.39, 0.29) is 17.9 Å². The van der Waals surface area contributed by atoms with E-state index in [1.165, 1.54) is 5.56 Å². The average Bonchev–Trinajstić information content (AvgIpc) is 3.62. The molecule has 0 spiro atoms. The van der Waals surface area contributed by atoms with E-state index in [0.29, 0.717) is 24.6 Å². The highest BCUT2D eigenvalue weighted by Crippen LogP contribution is 2.33. The lowest BCUT2D eigenvalue weighted by Gasteiger charge is -2.29. The summed E-state index contributed by atoms with van der Waals surface area (Å²) in [6, 6.07) is 11.2. The number of methoxy groups -OCH3 is 2. The van der Waals surface area contributed by atoms with E-state index in [4.69, 9.17) is 9.47 Å². The zero-order valence-corrected chi connectivity index (χ0v) is 17.4. The van der Waals surface area contributed by atoms with Gasteiger partial charge >= 0.3 is 6.03 Å². The number of anilines is 1. The van der Waals surface area contributed by atoms with E-state index in [1.54, 1.807) is 14.2 Å². The molecule has 7 heteroatoms. The molecule has 1 saturated carbocycles. The molecule has 4 rings (SSSR count). The molecular weight excluding hydrogens is 382 g/mol. The van der Waals surface area contributed by atoms with Gasteiger partial charge in [-0.15, -0.1) is 0 Å². The van der Waals surface area contributed by atoms with Crippen LogP contribution in [0.5, 0.6) is 11.5 Å². The molecule has 2 aromatic rings. The number of carbonyl (C=O) groups excluding carboxylic acids is 2. The van der Waals surface area contributed by atoms with E-state index < -0.39 is 0 Å². The lowest BCUT2D eigenvalue weighted by molar-refractivity contribution is -0.133. The van der Waals surface area contributed by atoms with Gasteiger partial charge in [-0.3, -0.25) is 4.79 Å². The average molecular weight is 409 g/mol. The summed E-state index contributed by atoms with van der Waals surface area (Å²) in [6.07, 6.45) is 2.90. The second-order valence-electron chi connectivity index (χ2n) is 7.76. The first-order valence-corrected chi connectivity index (χ1v) is 10.2. The van der Waals surface area contributed by atoms with Crippen LogP contribution in [-0.2, 0) is 24.3 Å². The third-order valence-corrected chi connectivity index (χ3v) is 5.62.